The molecule has 0 spiro atoms. The van der Waals surface area contributed by atoms with Gasteiger partial charge < -0.3 is 14.8 Å². The number of nitrogens with zero attached hydrogens (tertiary/aromatic N) is 3. The molecule has 0 bridgehead atoms. The number of rotatable bonds is 9. The Kier molecular flexibility index (Phi) is 6.99. The Balaban J connectivity index is 1.56. The first kappa shape index (κ1) is 21.3. The lowest BCUT2D eigenvalue weighted by Gasteiger charge is -2.09. The Hall–Kier alpha value is -3.43. The number of anilines is 1. The Bertz CT molecular complexity index is 1040. The highest BCUT2D eigenvalue weighted by Gasteiger charge is 2.11. The van der Waals surface area contributed by atoms with Crippen molar-refractivity contribution in [2.45, 2.75) is 20.3 Å². The number of amides is 1. The summed E-state index contributed by atoms with van der Waals surface area (Å²) in [6, 6.07) is 10.9. The molecule has 1 aromatic heterocycles. The number of nitro benzene ring substituents is 1. The largest absolute Gasteiger partial charge is 0.487 e. The number of benzene rings is 2. The Morgan fingerprint density at radius 3 is 2.70 bits per heavy atom. The molecular weight excluding hydrogens is 412 g/mol. The lowest BCUT2D eigenvalue weighted by atomic mass is 10.1. The molecule has 0 saturated carbocycles. The summed E-state index contributed by atoms with van der Waals surface area (Å²) in [7, 11) is 0. The second-order valence-corrected chi connectivity index (χ2v) is 6.61. The van der Waals surface area contributed by atoms with Crippen LogP contribution in [0.5, 0.6) is 5.75 Å². The van der Waals surface area contributed by atoms with Crippen molar-refractivity contribution in [3.63, 3.8) is 0 Å². The van der Waals surface area contributed by atoms with Crippen LogP contribution in [0.4, 0.5) is 11.4 Å². The molecule has 0 saturated heterocycles. The van der Waals surface area contributed by atoms with E-state index in [1.54, 1.807) is 41.3 Å². The number of non-ortho nitro benzene ring substituents is 1. The van der Waals surface area contributed by atoms with E-state index in [9.17, 15) is 14.9 Å². The minimum absolute atomic E-state index is 0.105. The number of carbonyl (C=O) groups is 1. The van der Waals surface area contributed by atoms with Gasteiger partial charge >= 0.3 is 0 Å². The van der Waals surface area contributed by atoms with Gasteiger partial charge in [-0.15, -0.1) is 0 Å². The van der Waals surface area contributed by atoms with Gasteiger partial charge in [-0.05, 0) is 30.7 Å². The standard InChI is InChI=1S/C20H19ClN4O5/c1-2-29-13-24-11-16(10-22-24)23-20(26)15-5-3-14(4-6-15)12-30-19-8-7-17(25(27)28)9-18(19)21/h3-11H,2,12-13H2,1H3,(H,23,26). The van der Waals surface area contributed by atoms with E-state index in [-0.39, 0.29) is 23.2 Å². The number of hydrogen-bond donors (Lipinski definition) is 1. The van der Waals surface area contributed by atoms with E-state index in [1.165, 1.54) is 18.2 Å². The average molecular weight is 431 g/mol. The highest BCUT2D eigenvalue weighted by molar-refractivity contribution is 6.32. The molecule has 2 aromatic carbocycles. The van der Waals surface area contributed by atoms with E-state index in [0.717, 1.165) is 5.56 Å². The van der Waals surface area contributed by atoms with Crippen molar-refractivity contribution in [1.82, 2.24) is 9.78 Å². The van der Waals surface area contributed by atoms with Gasteiger partial charge in [0.2, 0.25) is 0 Å². The maximum Gasteiger partial charge on any atom is 0.271 e. The summed E-state index contributed by atoms with van der Waals surface area (Å²) in [6.45, 7) is 2.99. The highest BCUT2D eigenvalue weighted by atomic mass is 35.5. The Labute approximate surface area is 177 Å². The highest BCUT2D eigenvalue weighted by Crippen LogP contribution is 2.29. The van der Waals surface area contributed by atoms with Crippen LogP contribution in [0.25, 0.3) is 0 Å². The van der Waals surface area contributed by atoms with Gasteiger partial charge in [0.15, 0.2) is 0 Å². The number of ether oxygens (including phenoxy) is 2. The Morgan fingerprint density at radius 1 is 1.27 bits per heavy atom. The first-order valence-corrected chi connectivity index (χ1v) is 9.41. The SMILES string of the molecule is CCOCn1cc(NC(=O)c2ccc(COc3ccc([N+](=O)[O-])cc3Cl)cc2)cn1. The number of halogens is 1. The molecule has 3 aromatic rings. The van der Waals surface area contributed by atoms with E-state index in [0.29, 0.717) is 30.3 Å². The van der Waals surface area contributed by atoms with Crippen LogP contribution >= 0.6 is 11.6 Å². The van der Waals surface area contributed by atoms with E-state index in [4.69, 9.17) is 21.1 Å². The van der Waals surface area contributed by atoms with Gasteiger partial charge in [-0.2, -0.15) is 5.10 Å². The normalized spacial score (nSPS) is 10.6. The molecule has 1 heterocycles. The predicted octanol–water partition coefficient (Wildman–Crippen LogP) is 4.27. The molecular formula is C20H19ClN4O5. The van der Waals surface area contributed by atoms with Crippen LogP contribution in [-0.4, -0.2) is 27.2 Å². The molecule has 10 heteroatoms. The fraction of sp³-hybridized carbons (Fsp3) is 0.200. The minimum Gasteiger partial charge on any atom is -0.487 e. The molecule has 1 N–H and O–H groups in total. The van der Waals surface area contributed by atoms with Gasteiger partial charge in [0.25, 0.3) is 11.6 Å². The quantitative estimate of drug-likeness (QED) is 0.401. The first-order valence-electron chi connectivity index (χ1n) is 9.03. The van der Waals surface area contributed by atoms with E-state index >= 15 is 0 Å². The minimum atomic E-state index is -0.524. The van der Waals surface area contributed by atoms with Gasteiger partial charge in [-0.1, -0.05) is 23.7 Å². The van der Waals surface area contributed by atoms with Crippen LogP contribution in [0.1, 0.15) is 22.8 Å². The third-order valence-corrected chi connectivity index (χ3v) is 4.35. The summed E-state index contributed by atoms with van der Waals surface area (Å²) >= 11 is 6.02. The van der Waals surface area contributed by atoms with Gasteiger partial charge in [0, 0.05) is 24.3 Å². The zero-order valence-electron chi connectivity index (χ0n) is 16.1. The first-order chi connectivity index (χ1) is 14.5. The number of hydrogen-bond acceptors (Lipinski definition) is 6. The lowest BCUT2D eigenvalue weighted by Crippen LogP contribution is -2.11. The molecule has 0 aliphatic rings. The van der Waals surface area contributed by atoms with Crippen molar-refractivity contribution in [2.24, 2.45) is 0 Å². The second kappa shape index (κ2) is 9.86. The number of nitrogens with one attached hydrogen (secondary N) is 1. The van der Waals surface area contributed by atoms with Gasteiger partial charge in [0.1, 0.15) is 19.1 Å². The smallest absolute Gasteiger partial charge is 0.271 e. The predicted molar refractivity (Wildman–Crippen MR) is 111 cm³/mol. The molecule has 9 nitrogen and oxygen atoms in total. The molecule has 0 atom stereocenters. The van der Waals surface area contributed by atoms with Crippen molar-refractivity contribution in [1.29, 1.82) is 0 Å². The summed E-state index contributed by atoms with van der Waals surface area (Å²) in [5.74, 6) is 0.0741. The van der Waals surface area contributed by atoms with Gasteiger partial charge in [0.05, 0.1) is 28.0 Å². The lowest BCUT2D eigenvalue weighted by molar-refractivity contribution is -0.384. The number of carbonyl (C=O) groups excluding carboxylic acids is 1. The molecule has 0 radical (unpaired) electrons. The van der Waals surface area contributed by atoms with Crippen LogP contribution < -0.4 is 10.1 Å². The molecule has 0 unspecified atom stereocenters. The molecule has 1 amide bonds. The third kappa shape index (κ3) is 5.56. The molecule has 0 fully saturated rings. The number of nitro groups is 1. The fourth-order valence-electron chi connectivity index (χ4n) is 2.52. The van der Waals surface area contributed by atoms with E-state index < -0.39 is 4.92 Å². The van der Waals surface area contributed by atoms with Crippen molar-refractivity contribution < 1.29 is 19.2 Å². The topological polar surface area (TPSA) is 109 Å². The summed E-state index contributed by atoms with van der Waals surface area (Å²) in [4.78, 5) is 22.6. The Morgan fingerprint density at radius 2 is 2.03 bits per heavy atom. The summed E-state index contributed by atoms with van der Waals surface area (Å²) in [6.07, 6.45) is 3.23. The molecule has 0 aliphatic heterocycles. The van der Waals surface area contributed by atoms with Crippen LogP contribution in [0, 0.1) is 10.1 Å². The summed E-state index contributed by atoms with van der Waals surface area (Å²) < 4.78 is 12.4. The average Bonchev–Trinajstić information content (AvgIpc) is 3.18. The summed E-state index contributed by atoms with van der Waals surface area (Å²) in [5.41, 5.74) is 1.75. The zero-order chi connectivity index (χ0) is 21.5. The van der Waals surface area contributed by atoms with Crippen molar-refractivity contribution >= 4 is 28.9 Å². The van der Waals surface area contributed by atoms with Crippen molar-refractivity contribution in [2.75, 3.05) is 11.9 Å². The fourth-order valence-corrected chi connectivity index (χ4v) is 2.75. The summed E-state index contributed by atoms with van der Waals surface area (Å²) in [5, 5.41) is 17.8. The van der Waals surface area contributed by atoms with Gasteiger partial charge in [-0.3, -0.25) is 14.9 Å². The van der Waals surface area contributed by atoms with Crippen LogP contribution in [-0.2, 0) is 18.1 Å². The van der Waals surface area contributed by atoms with Crippen LogP contribution in [0.2, 0.25) is 5.02 Å². The molecule has 0 aliphatic carbocycles. The zero-order valence-corrected chi connectivity index (χ0v) is 16.8. The van der Waals surface area contributed by atoms with Crippen LogP contribution in [0.15, 0.2) is 54.9 Å². The molecule has 3 rings (SSSR count). The van der Waals surface area contributed by atoms with Crippen molar-refractivity contribution in [3.05, 3.63) is 81.1 Å². The van der Waals surface area contributed by atoms with Crippen molar-refractivity contribution in [3.8, 4) is 5.75 Å². The maximum atomic E-state index is 12.4. The monoisotopic (exact) mass is 430 g/mol. The molecule has 156 valence electrons. The second-order valence-electron chi connectivity index (χ2n) is 6.20. The van der Waals surface area contributed by atoms with E-state index in [2.05, 4.69) is 10.4 Å². The maximum absolute atomic E-state index is 12.4. The third-order valence-electron chi connectivity index (χ3n) is 4.06. The molecule has 30 heavy (non-hydrogen) atoms. The van der Waals surface area contributed by atoms with Gasteiger partial charge in [-0.25, -0.2) is 4.68 Å². The van der Waals surface area contributed by atoms with E-state index in [1.807, 2.05) is 6.92 Å². The van der Waals surface area contributed by atoms with Crippen LogP contribution in [0.3, 0.4) is 0 Å². The number of aromatic nitrogens is 2.